The van der Waals surface area contributed by atoms with Gasteiger partial charge in [-0.25, -0.2) is 8.78 Å². The molecule has 1 rings (SSSR count). The first-order valence-corrected chi connectivity index (χ1v) is 5.66. The van der Waals surface area contributed by atoms with E-state index < -0.39 is 11.6 Å². The maximum Gasteiger partial charge on any atom is 0.238 e. The van der Waals surface area contributed by atoms with Crippen LogP contribution < -0.4 is 11.1 Å². The van der Waals surface area contributed by atoms with Gasteiger partial charge in [-0.05, 0) is 38.7 Å². The van der Waals surface area contributed by atoms with Crippen molar-refractivity contribution >= 4 is 11.6 Å². The van der Waals surface area contributed by atoms with E-state index in [1.165, 1.54) is 0 Å². The molecular formula is C12H17F2N3O. The number of halogens is 2. The Balaban J connectivity index is 2.51. The number of rotatable bonds is 6. The van der Waals surface area contributed by atoms with Crippen LogP contribution in [-0.4, -0.2) is 37.5 Å². The molecule has 0 aliphatic rings. The SMILES string of the molecule is CN(CCCN)CC(=O)Nc1cc(F)ccc1F. The molecule has 0 aliphatic carbocycles. The van der Waals surface area contributed by atoms with Gasteiger partial charge < -0.3 is 11.1 Å². The molecule has 0 fully saturated rings. The lowest BCUT2D eigenvalue weighted by molar-refractivity contribution is -0.117. The van der Waals surface area contributed by atoms with Gasteiger partial charge in [-0.15, -0.1) is 0 Å². The first kappa shape index (κ1) is 14.5. The molecule has 0 radical (unpaired) electrons. The Morgan fingerprint density at radius 3 is 2.83 bits per heavy atom. The van der Waals surface area contributed by atoms with Gasteiger partial charge in [-0.3, -0.25) is 9.69 Å². The van der Waals surface area contributed by atoms with Crippen LogP contribution in [0.5, 0.6) is 0 Å². The third-order valence-corrected chi connectivity index (χ3v) is 2.36. The Hall–Kier alpha value is -1.53. The minimum absolute atomic E-state index is 0.107. The van der Waals surface area contributed by atoms with E-state index in [1.54, 1.807) is 11.9 Å². The summed E-state index contributed by atoms with van der Waals surface area (Å²) in [6.07, 6.45) is 0.776. The van der Waals surface area contributed by atoms with Crippen molar-refractivity contribution < 1.29 is 13.6 Å². The van der Waals surface area contributed by atoms with Crippen molar-refractivity contribution in [1.29, 1.82) is 0 Å². The number of hydrogen-bond acceptors (Lipinski definition) is 3. The summed E-state index contributed by atoms with van der Waals surface area (Å²) in [5.41, 5.74) is 5.20. The summed E-state index contributed by atoms with van der Waals surface area (Å²) in [6.45, 7) is 1.33. The number of amides is 1. The zero-order chi connectivity index (χ0) is 13.5. The van der Waals surface area contributed by atoms with Crippen LogP contribution in [0.4, 0.5) is 14.5 Å². The number of nitrogens with zero attached hydrogens (tertiary/aromatic N) is 1. The van der Waals surface area contributed by atoms with Crippen molar-refractivity contribution in [3.05, 3.63) is 29.8 Å². The summed E-state index contributed by atoms with van der Waals surface area (Å²) in [5.74, 6) is -1.64. The Morgan fingerprint density at radius 2 is 2.17 bits per heavy atom. The Bertz CT molecular complexity index is 412. The quantitative estimate of drug-likeness (QED) is 0.804. The van der Waals surface area contributed by atoms with Crippen LogP contribution in [0, 0.1) is 11.6 Å². The molecule has 0 saturated carbocycles. The van der Waals surface area contributed by atoms with Gasteiger partial charge in [0.05, 0.1) is 12.2 Å². The van der Waals surface area contributed by atoms with Gasteiger partial charge in [0.1, 0.15) is 11.6 Å². The number of benzene rings is 1. The first-order chi connectivity index (χ1) is 8.52. The van der Waals surface area contributed by atoms with Crippen LogP contribution in [0.25, 0.3) is 0 Å². The fraction of sp³-hybridized carbons (Fsp3) is 0.417. The second-order valence-corrected chi connectivity index (χ2v) is 4.05. The van der Waals surface area contributed by atoms with Crippen molar-refractivity contribution in [2.75, 3.05) is 32.0 Å². The van der Waals surface area contributed by atoms with Gasteiger partial charge in [0.25, 0.3) is 0 Å². The second-order valence-electron chi connectivity index (χ2n) is 4.05. The zero-order valence-corrected chi connectivity index (χ0v) is 10.2. The fourth-order valence-corrected chi connectivity index (χ4v) is 1.47. The Kier molecular flexibility index (Phi) is 5.67. The van der Waals surface area contributed by atoms with E-state index in [4.69, 9.17) is 5.73 Å². The zero-order valence-electron chi connectivity index (χ0n) is 10.2. The number of hydrogen-bond donors (Lipinski definition) is 2. The highest BCUT2D eigenvalue weighted by Gasteiger charge is 2.10. The maximum absolute atomic E-state index is 13.3. The van der Waals surface area contributed by atoms with E-state index >= 15 is 0 Å². The lowest BCUT2D eigenvalue weighted by Crippen LogP contribution is -2.31. The van der Waals surface area contributed by atoms with Crippen LogP contribution in [0.1, 0.15) is 6.42 Å². The van der Waals surface area contributed by atoms with Crippen molar-refractivity contribution in [3.63, 3.8) is 0 Å². The van der Waals surface area contributed by atoms with Gasteiger partial charge >= 0.3 is 0 Å². The van der Waals surface area contributed by atoms with Crippen LogP contribution in [0.15, 0.2) is 18.2 Å². The predicted molar refractivity (Wildman–Crippen MR) is 66.2 cm³/mol. The van der Waals surface area contributed by atoms with E-state index in [-0.39, 0.29) is 18.1 Å². The Morgan fingerprint density at radius 1 is 1.44 bits per heavy atom. The highest BCUT2D eigenvalue weighted by atomic mass is 19.1. The smallest absolute Gasteiger partial charge is 0.238 e. The molecule has 0 heterocycles. The molecule has 1 aromatic rings. The lowest BCUT2D eigenvalue weighted by Gasteiger charge is -2.15. The lowest BCUT2D eigenvalue weighted by atomic mass is 10.3. The molecule has 4 nitrogen and oxygen atoms in total. The third-order valence-electron chi connectivity index (χ3n) is 2.36. The number of anilines is 1. The number of carbonyl (C=O) groups is 1. The summed E-state index contributed by atoms with van der Waals surface area (Å²) in [5, 5.41) is 2.33. The molecule has 0 aliphatic heterocycles. The average Bonchev–Trinajstić information content (AvgIpc) is 2.31. The van der Waals surface area contributed by atoms with E-state index in [0.29, 0.717) is 13.1 Å². The summed E-state index contributed by atoms with van der Waals surface area (Å²) < 4.78 is 26.1. The summed E-state index contributed by atoms with van der Waals surface area (Å²) in [4.78, 5) is 13.3. The molecule has 3 N–H and O–H groups in total. The third kappa shape index (κ3) is 4.77. The van der Waals surface area contributed by atoms with E-state index in [9.17, 15) is 13.6 Å². The topological polar surface area (TPSA) is 58.4 Å². The molecule has 0 spiro atoms. The molecule has 0 aromatic heterocycles. The molecule has 100 valence electrons. The largest absolute Gasteiger partial charge is 0.330 e. The van der Waals surface area contributed by atoms with Gasteiger partial charge in [0.15, 0.2) is 0 Å². The van der Waals surface area contributed by atoms with E-state index in [0.717, 1.165) is 24.6 Å². The van der Waals surface area contributed by atoms with Crippen LogP contribution in [0.3, 0.4) is 0 Å². The molecule has 1 aromatic carbocycles. The monoisotopic (exact) mass is 257 g/mol. The number of likely N-dealkylation sites (N-methyl/N-ethyl adjacent to an activating group) is 1. The highest BCUT2D eigenvalue weighted by Crippen LogP contribution is 2.14. The molecule has 0 unspecified atom stereocenters. The molecule has 18 heavy (non-hydrogen) atoms. The van der Waals surface area contributed by atoms with Crippen molar-refractivity contribution in [1.82, 2.24) is 4.90 Å². The molecule has 0 atom stereocenters. The number of carbonyl (C=O) groups excluding carboxylic acids is 1. The van der Waals surface area contributed by atoms with Crippen molar-refractivity contribution in [2.24, 2.45) is 5.73 Å². The predicted octanol–water partition coefficient (Wildman–Crippen LogP) is 1.18. The average molecular weight is 257 g/mol. The summed E-state index contributed by atoms with van der Waals surface area (Å²) in [7, 11) is 1.76. The molecular weight excluding hydrogens is 240 g/mol. The normalized spacial score (nSPS) is 10.7. The second kappa shape index (κ2) is 7.03. The highest BCUT2D eigenvalue weighted by molar-refractivity contribution is 5.92. The van der Waals surface area contributed by atoms with Gasteiger partial charge in [-0.1, -0.05) is 0 Å². The van der Waals surface area contributed by atoms with E-state index in [1.807, 2.05) is 0 Å². The minimum Gasteiger partial charge on any atom is -0.330 e. The van der Waals surface area contributed by atoms with Crippen molar-refractivity contribution in [3.8, 4) is 0 Å². The standard InChI is InChI=1S/C12H17F2N3O/c1-17(6-2-5-15)8-12(18)16-11-7-9(13)3-4-10(11)14/h3-4,7H,2,5-6,8,15H2,1H3,(H,16,18). The molecule has 6 heteroatoms. The van der Waals surface area contributed by atoms with Crippen LogP contribution >= 0.6 is 0 Å². The van der Waals surface area contributed by atoms with Gasteiger partial charge in [0, 0.05) is 6.07 Å². The number of nitrogens with one attached hydrogen (secondary N) is 1. The van der Waals surface area contributed by atoms with E-state index in [2.05, 4.69) is 5.32 Å². The molecule has 0 saturated heterocycles. The summed E-state index contributed by atoms with van der Waals surface area (Å²) in [6, 6.07) is 2.93. The first-order valence-electron chi connectivity index (χ1n) is 5.66. The molecule has 1 amide bonds. The number of nitrogens with two attached hydrogens (primary N) is 1. The van der Waals surface area contributed by atoms with Crippen molar-refractivity contribution in [2.45, 2.75) is 6.42 Å². The summed E-state index contributed by atoms with van der Waals surface area (Å²) >= 11 is 0. The molecule has 0 bridgehead atoms. The van der Waals surface area contributed by atoms with Gasteiger partial charge in [-0.2, -0.15) is 0 Å². The van der Waals surface area contributed by atoms with Gasteiger partial charge in [0.2, 0.25) is 5.91 Å². The maximum atomic E-state index is 13.3. The minimum atomic E-state index is -0.658. The van der Waals surface area contributed by atoms with Crippen LogP contribution in [0.2, 0.25) is 0 Å². The van der Waals surface area contributed by atoms with Crippen LogP contribution in [-0.2, 0) is 4.79 Å². The fourth-order valence-electron chi connectivity index (χ4n) is 1.47. The Labute approximate surface area is 105 Å².